The lowest BCUT2D eigenvalue weighted by Crippen LogP contribution is -2.33. The number of hydrogen-bond acceptors (Lipinski definition) is 5. The molecule has 0 aliphatic heterocycles. The van der Waals surface area contributed by atoms with E-state index >= 15 is 0 Å². The number of amidine groups is 1. The van der Waals surface area contributed by atoms with Crippen LogP contribution in [0, 0.1) is 5.41 Å². The normalized spacial score (nSPS) is 11.0. The molecule has 3 rings (SSSR count). The molecule has 0 saturated carbocycles. The number of amides is 1. The summed E-state index contributed by atoms with van der Waals surface area (Å²) in [5.74, 6) is 0.870. The fourth-order valence-electron chi connectivity index (χ4n) is 3.16. The maximum atomic E-state index is 13.3. The van der Waals surface area contributed by atoms with E-state index in [1.54, 1.807) is 50.6 Å². The molecule has 9 heteroatoms. The summed E-state index contributed by atoms with van der Waals surface area (Å²) in [6.07, 6.45) is 0. The largest absolute Gasteiger partial charge is 0.495 e. The van der Waals surface area contributed by atoms with Crippen LogP contribution < -0.4 is 25.8 Å². The first-order valence-electron chi connectivity index (χ1n) is 9.87. The zero-order valence-electron chi connectivity index (χ0n) is 18.2. The second-order valence-corrected chi connectivity index (χ2v) is 7.80. The molecule has 1 unspecified atom stereocenters. The first-order chi connectivity index (χ1) is 15.4. The molecular weight excluding hydrogens is 508 g/mol. The molecule has 0 spiro atoms. The van der Waals surface area contributed by atoms with Crippen LogP contribution in [0.5, 0.6) is 11.5 Å². The molecule has 1 atom stereocenters. The SMILES string of the molecule is COc1cc(C(Nc2ccc(C(=N)N)cc2)C(=O)NCc2ccccc2)cc(OC)c1Br.Cl. The van der Waals surface area contributed by atoms with E-state index in [2.05, 4.69) is 26.6 Å². The molecule has 5 N–H and O–H groups in total. The van der Waals surface area contributed by atoms with Gasteiger partial charge in [0.2, 0.25) is 5.91 Å². The number of carbonyl (C=O) groups is 1. The van der Waals surface area contributed by atoms with Crippen LogP contribution in [0.1, 0.15) is 22.7 Å². The highest BCUT2D eigenvalue weighted by atomic mass is 79.9. The molecule has 33 heavy (non-hydrogen) atoms. The van der Waals surface area contributed by atoms with Crippen LogP contribution in [0.2, 0.25) is 0 Å². The molecule has 0 fully saturated rings. The van der Waals surface area contributed by atoms with Gasteiger partial charge in [-0.3, -0.25) is 10.2 Å². The average Bonchev–Trinajstić information content (AvgIpc) is 2.82. The maximum absolute atomic E-state index is 13.3. The van der Waals surface area contributed by atoms with Gasteiger partial charge in [0.05, 0.1) is 14.2 Å². The highest BCUT2D eigenvalue weighted by Crippen LogP contribution is 2.38. The van der Waals surface area contributed by atoms with Crippen LogP contribution in [-0.4, -0.2) is 26.0 Å². The van der Waals surface area contributed by atoms with Gasteiger partial charge in [-0.05, 0) is 63.5 Å². The van der Waals surface area contributed by atoms with Gasteiger partial charge in [-0.25, -0.2) is 0 Å². The van der Waals surface area contributed by atoms with Crippen molar-refractivity contribution < 1.29 is 14.3 Å². The van der Waals surface area contributed by atoms with Gasteiger partial charge in [-0.15, -0.1) is 12.4 Å². The Morgan fingerprint density at radius 3 is 2.12 bits per heavy atom. The van der Waals surface area contributed by atoms with Gasteiger partial charge in [-0.2, -0.15) is 0 Å². The van der Waals surface area contributed by atoms with Crippen molar-refractivity contribution in [3.63, 3.8) is 0 Å². The fourth-order valence-corrected chi connectivity index (χ4v) is 3.71. The molecule has 0 heterocycles. The van der Waals surface area contributed by atoms with Gasteiger partial charge in [0.25, 0.3) is 0 Å². The van der Waals surface area contributed by atoms with Gasteiger partial charge in [0.15, 0.2) is 0 Å². The Bertz CT molecular complexity index is 1070. The van der Waals surface area contributed by atoms with E-state index in [1.807, 2.05) is 30.3 Å². The lowest BCUT2D eigenvalue weighted by atomic mass is 10.0. The van der Waals surface area contributed by atoms with Crippen molar-refractivity contribution >= 4 is 45.8 Å². The topological polar surface area (TPSA) is 109 Å². The second kappa shape index (κ2) is 12.1. The Morgan fingerprint density at radius 1 is 1.03 bits per heavy atom. The maximum Gasteiger partial charge on any atom is 0.247 e. The van der Waals surface area contributed by atoms with Gasteiger partial charge >= 0.3 is 0 Å². The summed E-state index contributed by atoms with van der Waals surface area (Å²) in [4.78, 5) is 13.3. The molecule has 174 valence electrons. The lowest BCUT2D eigenvalue weighted by Gasteiger charge is -2.22. The van der Waals surface area contributed by atoms with Gasteiger partial charge < -0.3 is 25.8 Å². The van der Waals surface area contributed by atoms with Crippen molar-refractivity contribution in [2.75, 3.05) is 19.5 Å². The molecular formula is C24H26BrClN4O3. The molecule has 0 aromatic heterocycles. The molecule has 0 bridgehead atoms. The van der Waals surface area contributed by atoms with Crippen LogP contribution in [-0.2, 0) is 11.3 Å². The Labute approximate surface area is 207 Å². The molecule has 0 radical (unpaired) electrons. The first-order valence-corrected chi connectivity index (χ1v) is 10.7. The van der Waals surface area contributed by atoms with E-state index in [9.17, 15) is 4.79 Å². The number of benzene rings is 3. The minimum Gasteiger partial charge on any atom is -0.495 e. The fraction of sp³-hybridized carbons (Fsp3) is 0.167. The average molecular weight is 534 g/mol. The zero-order valence-corrected chi connectivity index (χ0v) is 20.6. The van der Waals surface area contributed by atoms with Gasteiger partial charge in [0, 0.05) is 17.8 Å². The predicted octanol–water partition coefficient (Wildman–Crippen LogP) is 4.64. The summed E-state index contributed by atoms with van der Waals surface area (Å²) < 4.78 is 11.6. The number of hydrogen-bond donors (Lipinski definition) is 4. The van der Waals surface area contributed by atoms with Crippen LogP contribution >= 0.6 is 28.3 Å². The van der Waals surface area contributed by atoms with Gasteiger partial charge in [0.1, 0.15) is 27.8 Å². The van der Waals surface area contributed by atoms with E-state index in [0.717, 1.165) is 5.56 Å². The molecule has 0 aliphatic rings. The molecule has 7 nitrogen and oxygen atoms in total. The summed E-state index contributed by atoms with van der Waals surface area (Å²) in [6, 6.07) is 19.6. The highest BCUT2D eigenvalue weighted by Gasteiger charge is 2.24. The van der Waals surface area contributed by atoms with Crippen LogP contribution in [0.15, 0.2) is 71.2 Å². The van der Waals surface area contributed by atoms with Crippen LogP contribution in [0.25, 0.3) is 0 Å². The third kappa shape index (κ3) is 6.63. The number of nitrogens with two attached hydrogens (primary N) is 1. The van der Waals surface area contributed by atoms with Crippen molar-refractivity contribution in [2.45, 2.75) is 12.6 Å². The summed E-state index contributed by atoms with van der Waals surface area (Å²) in [6.45, 7) is 0.395. The Kier molecular flexibility index (Phi) is 9.57. The number of nitrogen functional groups attached to an aromatic ring is 1. The number of methoxy groups -OCH3 is 2. The first kappa shape index (κ1) is 26.0. The number of anilines is 1. The number of halogens is 2. The molecule has 3 aromatic carbocycles. The monoisotopic (exact) mass is 532 g/mol. The van der Waals surface area contributed by atoms with Gasteiger partial charge in [-0.1, -0.05) is 30.3 Å². The number of nitrogens with one attached hydrogen (secondary N) is 3. The smallest absolute Gasteiger partial charge is 0.247 e. The van der Waals surface area contributed by atoms with E-state index in [-0.39, 0.29) is 24.1 Å². The summed E-state index contributed by atoms with van der Waals surface area (Å²) in [5.41, 5.74) is 8.52. The molecule has 0 aliphatic carbocycles. The minimum atomic E-state index is -0.724. The second-order valence-electron chi connectivity index (χ2n) is 7.01. The van der Waals surface area contributed by atoms with Crippen molar-refractivity contribution in [3.8, 4) is 11.5 Å². The van der Waals surface area contributed by atoms with E-state index < -0.39 is 6.04 Å². The minimum absolute atomic E-state index is 0. The van der Waals surface area contributed by atoms with Crippen LogP contribution in [0.4, 0.5) is 5.69 Å². The van der Waals surface area contributed by atoms with E-state index in [1.165, 1.54) is 0 Å². The summed E-state index contributed by atoms with van der Waals surface area (Å²) in [7, 11) is 3.11. The lowest BCUT2D eigenvalue weighted by molar-refractivity contribution is -0.122. The third-order valence-corrected chi connectivity index (χ3v) is 5.66. The zero-order chi connectivity index (χ0) is 23.1. The van der Waals surface area contributed by atoms with Crippen molar-refractivity contribution in [2.24, 2.45) is 5.73 Å². The van der Waals surface area contributed by atoms with Crippen molar-refractivity contribution in [1.29, 1.82) is 5.41 Å². The number of ether oxygens (including phenoxy) is 2. The van der Waals surface area contributed by atoms with Crippen LogP contribution in [0.3, 0.4) is 0 Å². The Balaban J connectivity index is 0.00000385. The van der Waals surface area contributed by atoms with Crippen molar-refractivity contribution in [1.82, 2.24) is 5.32 Å². The standard InChI is InChI=1S/C24H25BrN4O3.ClH/c1-31-19-12-17(13-20(32-2)21(19)25)22(24(30)28-14-15-6-4-3-5-7-15)29-18-10-8-16(9-11-18)23(26)27;/h3-13,22,29H,14H2,1-2H3,(H3,26,27)(H,28,30);1H. The molecule has 3 aromatic rings. The van der Waals surface area contributed by atoms with E-state index in [4.69, 9.17) is 20.6 Å². The summed E-state index contributed by atoms with van der Waals surface area (Å²) in [5, 5.41) is 13.8. The number of carbonyl (C=O) groups excluding carboxylic acids is 1. The molecule has 1 amide bonds. The predicted molar refractivity (Wildman–Crippen MR) is 137 cm³/mol. The van der Waals surface area contributed by atoms with E-state index in [0.29, 0.717) is 39.3 Å². The third-order valence-electron chi connectivity index (χ3n) is 4.88. The Hall–Kier alpha value is -3.23. The summed E-state index contributed by atoms with van der Waals surface area (Å²) >= 11 is 3.47. The number of rotatable bonds is 9. The highest BCUT2D eigenvalue weighted by molar-refractivity contribution is 9.10. The molecule has 0 saturated heterocycles. The quantitative estimate of drug-likeness (QED) is 0.237. The Morgan fingerprint density at radius 2 is 1.61 bits per heavy atom. The van der Waals surface area contributed by atoms with Crippen molar-refractivity contribution in [3.05, 3.63) is 87.9 Å².